The SMILES string of the molecule is Cc1ccccc1-c1cc(-c2ccc3c(c2)c2cc(-c4ccc5c(c4)c4ccccc4n5-c4ccccc4)ccc2n3-c2cccc(-c3ccccc3)c2)ccc1C. The molecule has 2 nitrogen and oxygen atoms in total. The van der Waals surface area contributed by atoms with Crippen LogP contribution in [-0.4, -0.2) is 9.13 Å². The number of hydrogen-bond donors (Lipinski definition) is 0. The molecule has 0 bridgehead atoms. The summed E-state index contributed by atoms with van der Waals surface area (Å²) in [6, 6.07) is 75.6. The van der Waals surface area contributed by atoms with Crippen molar-refractivity contribution in [2.24, 2.45) is 0 Å². The van der Waals surface area contributed by atoms with Gasteiger partial charge in [-0.05, 0) is 142 Å². The van der Waals surface area contributed by atoms with Gasteiger partial charge in [-0.15, -0.1) is 0 Å². The van der Waals surface area contributed by atoms with Crippen molar-refractivity contribution in [2.75, 3.05) is 0 Å². The summed E-state index contributed by atoms with van der Waals surface area (Å²) >= 11 is 0. The van der Waals surface area contributed by atoms with Crippen LogP contribution in [-0.2, 0) is 0 Å². The number of rotatable bonds is 6. The average Bonchev–Trinajstić information content (AvgIpc) is 3.79. The number of hydrogen-bond acceptors (Lipinski definition) is 0. The first-order valence-electron chi connectivity index (χ1n) is 20.1. The fourth-order valence-corrected chi connectivity index (χ4v) is 9.09. The van der Waals surface area contributed by atoms with E-state index in [-0.39, 0.29) is 0 Å². The Balaban J connectivity index is 1.12. The van der Waals surface area contributed by atoms with E-state index in [0.29, 0.717) is 0 Å². The number of aryl methyl sites for hydroxylation is 2. The van der Waals surface area contributed by atoms with E-state index in [2.05, 4.69) is 229 Å². The molecule has 9 aromatic carbocycles. The maximum atomic E-state index is 2.44. The van der Waals surface area contributed by atoms with Crippen molar-refractivity contribution in [2.45, 2.75) is 13.8 Å². The zero-order valence-corrected chi connectivity index (χ0v) is 32.5. The molecule has 0 aliphatic rings. The lowest BCUT2D eigenvalue weighted by Crippen LogP contribution is -1.94. The summed E-state index contributed by atoms with van der Waals surface area (Å²) < 4.78 is 4.82. The van der Waals surface area contributed by atoms with E-state index < -0.39 is 0 Å². The molecule has 0 saturated heterocycles. The van der Waals surface area contributed by atoms with Crippen molar-refractivity contribution < 1.29 is 0 Å². The Bertz CT molecular complexity index is 3350. The van der Waals surface area contributed by atoms with Gasteiger partial charge in [-0.2, -0.15) is 0 Å². The van der Waals surface area contributed by atoms with Gasteiger partial charge in [-0.3, -0.25) is 0 Å². The van der Waals surface area contributed by atoms with Crippen LogP contribution in [0.15, 0.2) is 206 Å². The molecule has 0 atom stereocenters. The van der Waals surface area contributed by atoms with Crippen molar-refractivity contribution in [3.05, 3.63) is 217 Å². The molecular weight excluding hydrogens is 701 g/mol. The minimum atomic E-state index is 1.15. The molecule has 2 heterocycles. The molecule has 0 unspecified atom stereocenters. The van der Waals surface area contributed by atoms with E-state index in [9.17, 15) is 0 Å². The molecule has 2 heteroatoms. The van der Waals surface area contributed by atoms with Crippen molar-refractivity contribution in [1.29, 1.82) is 0 Å². The normalized spacial score (nSPS) is 11.6. The third-order valence-electron chi connectivity index (χ3n) is 12.0. The number of aromatic nitrogens is 2. The Hall–Kier alpha value is -7.42. The summed E-state index contributed by atoms with van der Waals surface area (Å²) in [6.07, 6.45) is 0. The van der Waals surface area contributed by atoms with E-state index in [4.69, 9.17) is 0 Å². The predicted molar refractivity (Wildman–Crippen MR) is 246 cm³/mol. The molecule has 0 aliphatic carbocycles. The highest BCUT2D eigenvalue weighted by atomic mass is 15.0. The van der Waals surface area contributed by atoms with Gasteiger partial charge in [0.1, 0.15) is 0 Å². The van der Waals surface area contributed by atoms with Crippen molar-refractivity contribution >= 4 is 43.6 Å². The molecular formula is C56H40N2. The second-order valence-electron chi connectivity index (χ2n) is 15.5. The lowest BCUT2D eigenvalue weighted by molar-refractivity contribution is 1.18. The topological polar surface area (TPSA) is 9.86 Å². The number of nitrogens with zero attached hydrogens (tertiary/aromatic N) is 2. The number of benzene rings is 9. The highest BCUT2D eigenvalue weighted by molar-refractivity contribution is 6.13. The summed E-state index contributed by atoms with van der Waals surface area (Å²) in [5, 5.41) is 4.98. The molecule has 58 heavy (non-hydrogen) atoms. The van der Waals surface area contributed by atoms with E-state index in [1.807, 2.05) is 0 Å². The van der Waals surface area contributed by atoms with Crippen molar-refractivity contribution in [1.82, 2.24) is 9.13 Å². The molecule has 11 aromatic rings. The highest BCUT2D eigenvalue weighted by Gasteiger charge is 2.18. The maximum absolute atomic E-state index is 2.44. The molecule has 0 spiro atoms. The number of fused-ring (bicyclic) bond motifs is 6. The van der Waals surface area contributed by atoms with Crippen molar-refractivity contribution in [3.8, 4) is 55.9 Å². The number of para-hydroxylation sites is 2. The molecule has 0 aliphatic heterocycles. The van der Waals surface area contributed by atoms with Crippen LogP contribution in [0.5, 0.6) is 0 Å². The molecule has 0 radical (unpaired) electrons. The Morgan fingerprint density at radius 2 is 0.707 bits per heavy atom. The fourth-order valence-electron chi connectivity index (χ4n) is 9.09. The second kappa shape index (κ2) is 13.7. The minimum absolute atomic E-state index is 1.15. The zero-order chi connectivity index (χ0) is 38.7. The molecule has 0 saturated carbocycles. The van der Waals surface area contributed by atoms with Crippen LogP contribution >= 0.6 is 0 Å². The van der Waals surface area contributed by atoms with Crippen LogP contribution in [0.2, 0.25) is 0 Å². The molecule has 2 aromatic heterocycles. The highest BCUT2D eigenvalue weighted by Crippen LogP contribution is 2.41. The second-order valence-corrected chi connectivity index (χ2v) is 15.5. The van der Waals surface area contributed by atoms with Crippen LogP contribution in [0.25, 0.3) is 99.5 Å². The zero-order valence-electron chi connectivity index (χ0n) is 32.5. The molecule has 0 amide bonds. The fraction of sp³-hybridized carbons (Fsp3) is 0.0357. The molecule has 0 fully saturated rings. The first-order chi connectivity index (χ1) is 28.6. The van der Waals surface area contributed by atoms with Crippen LogP contribution in [0, 0.1) is 13.8 Å². The summed E-state index contributed by atoms with van der Waals surface area (Å²) in [6.45, 7) is 4.41. The first kappa shape index (κ1) is 33.9. The van der Waals surface area contributed by atoms with Gasteiger partial charge in [0.25, 0.3) is 0 Å². The van der Waals surface area contributed by atoms with Gasteiger partial charge < -0.3 is 9.13 Å². The Kier molecular flexibility index (Phi) is 7.97. The molecule has 274 valence electrons. The largest absolute Gasteiger partial charge is 0.309 e. The summed E-state index contributed by atoms with van der Waals surface area (Å²) in [5.74, 6) is 0. The Labute approximate surface area is 338 Å². The van der Waals surface area contributed by atoms with Crippen LogP contribution in [0.1, 0.15) is 11.1 Å². The third kappa shape index (κ3) is 5.56. The predicted octanol–water partition coefficient (Wildman–Crippen LogP) is 15.2. The molecule has 11 rings (SSSR count). The lowest BCUT2D eigenvalue weighted by Gasteiger charge is -2.13. The minimum Gasteiger partial charge on any atom is -0.309 e. The van der Waals surface area contributed by atoms with Gasteiger partial charge in [0, 0.05) is 32.9 Å². The van der Waals surface area contributed by atoms with Gasteiger partial charge in [0.2, 0.25) is 0 Å². The Morgan fingerprint density at radius 1 is 0.259 bits per heavy atom. The monoisotopic (exact) mass is 740 g/mol. The van der Waals surface area contributed by atoms with Crippen LogP contribution in [0.4, 0.5) is 0 Å². The average molecular weight is 741 g/mol. The smallest absolute Gasteiger partial charge is 0.0541 e. The van der Waals surface area contributed by atoms with Crippen LogP contribution in [0.3, 0.4) is 0 Å². The lowest BCUT2D eigenvalue weighted by atomic mass is 9.92. The van der Waals surface area contributed by atoms with E-state index >= 15 is 0 Å². The Morgan fingerprint density at radius 3 is 1.38 bits per heavy atom. The van der Waals surface area contributed by atoms with Gasteiger partial charge in [0.05, 0.1) is 22.1 Å². The third-order valence-corrected chi connectivity index (χ3v) is 12.0. The van der Waals surface area contributed by atoms with Gasteiger partial charge in [0.15, 0.2) is 0 Å². The van der Waals surface area contributed by atoms with Gasteiger partial charge in [-0.1, -0.05) is 133 Å². The first-order valence-corrected chi connectivity index (χ1v) is 20.1. The van der Waals surface area contributed by atoms with E-state index in [1.165, 1.54) is 105 Å². The van der Waals surface area contributed by atoms with Gasteiger partial charge >= 0.3 is 0 Å². The summed E-state index contributed by atoms with van der Waals surface area (Å²) in [7, 11) is 0. The van der Waals surface area contributed by atoms with E-state index in [1.54, 1.807) is 0 Å². The standard InChI is InChI=1S/C56H40N2/c1-37-14-9-10-21-47(37)49-33-41(25-24-38(49)2)43-27-30-55-51(35-43)52-36-44(28-31-56(52)58(55)46-20-13-17-40(32-46)39-15-5-3-6-16-39)42-26-29-54-50(34-42)48-22-11-12-23-53(48)57(54)45-18-7-4-8-19-45/h3-36H,1-2H3. The molecule has 0 N–H and O–H groups in total. The summed E-state index contributed by atoms with van der Waals surface area (Å²) in [4.78, 5) is 0. The summed E-state index contributed by atoms with van der Waals surface area (Å²) in [5.41, 5.74) is 19.5. The quantitative estimate of drug-likeness (QED) is 0.161. The van der Waals surface area contributed by atoms with E-state index in [0.717, 1.165) is 5.69 Å². The maximum Gasteiger partial charge on any atom is 0.0541 e. The van der Waals surface area contributed by atoms with Gasteiger partial charge in [-0.25, -0.2) is 0 Å². The van der Waals surface area contributed by atoms with Crippen LogP contribution < -0.4 is 0 Å². The van der Waals surface area contributed by atoms with Crippen molar-refractivity contribution in [3.63, 3.8) is 0 Å².